The summed E-state index contributed by atoms with van der Waals surface area (Å²) in [6, 6.07) is 8.72. The van der Waals surface area contributed by atoms with Gasteiger partial charge in [0, 0.05) is 26.2 Å². The van der Waals surface area contributed by atoms with Gasteiger partial charge in [-0.15, -0.1) is 0 Å². The molecule has 27 heavy (non-hydrogen) atoms. The van der Waals surface area contributed by atoms with Crippen LogP contribution in [0.3, 0.4) is 0 Å². The number of halogens is 2. The number of thiazole rings is 2. The molecule has 0 amide bonds. The first kappa shape index (κ1) is 17.2. The van der Waals surface area contributed by atoms with Crippen molar-refractivity contribution in [3.63, 3.8) is 0 Å². The number of hydrogen-bond acceptors (Lipinski definition) is 6. The van der Waals surface area contributed by atoms with Gasteiger partial charge in [-0.1, -0.05) is 40.3 Å². The van der Waals surface area contributed by atoms with Gasteiger partial charge in [0.15, 0.2) is 10.3 Å². The van der Waals surface area contributed by atoms with Crippen LogP contribution in [0.1, 0.15) is 5.56 Å². The van der Waals surface area contributed by atoms with E-state index in [1.165, 1.54) is 6.07 Å². The Morgan fingerprint density at radius 2 is 1.67 bits per heavy atom. The number of piperazine rings is 1. The lowest BCUT2D eigenvalue weighted by Crippen LogP contribution is -2.46. The van der Waals surface area contributed by atoms with Crippen molar-refractivity contribution in [3.8, 4) is 0 Å². The molecule has 8 heteroatoms. The summed E-state index contributed by atoms with van der Waals surface area (Å²) < 4.78 is 15.4. The van der Waals surface area contributed by atoms with E-state index >= 15 is 0 Å². The Labute approximate surface area is 168 Å². The Bertz CT molecular complexity index is 1110. The molecule has 3 heterocycles. The second kappa shape index (κ2) is 6.58. The van der Waals surface area contributed by atoms with E-state index in [4.69, 9.17) is 16.6 Å². The number of aromatic nitrogens is 2. The Hall–Kier alpha value is -1.96. The summed E-state index contributed by atoms with van der Waals surface area (Å²) in [5.74, 6) is -0.215. The molecule has 1 aliphatic heterocycles. The molecule has 138 valence electrons. The SMILES string of the molecule is Cc1ccc(Cl)c2sc(N3CCN(c4nc5ccc(F)cc5s4)CC3)nc12. The fraction of sp³-hybridized carbons (Fsp3) is 0.263. The molecular formula is C19H16ClFN4S2. The van der Waals surface area contributed by atoms with Gasteiger partial charge in [0.25, 0.3) is 0 Å². The van der Waals surface area contributed by atoms with Crippen molar-refractivity contribution in [2.24, 2.45) is 0 Å². The van der Waals surface area contributed by atoms with E-state index in [1.54, 1.807) is 34.8 Å². The van der Waals surface area contributed by atoms with Gasteiger partial charge in [-0.05, 0) is 36.8 Å². The highest BCUT2D eigenvalue weighted by molar-refractivity contribution is 7.23. The fourth-order valence-electron chi connectivity index (χ4n) is 3.34. The molecule has 0 atom stereocenters. The number of aryl methyl sites for hydroxylation is 1. The summed E-state index contributed by atoms with van der Waals surface area (Å²) in [4.78, 5) is 14.1. The molecule has 0 spiro atoms. The fourth-order valence-corrected chi connectivity index (χ4v) is 5.75. The molecule has 2 aromatic carbocycles. The first-order chi connectivity index (χ1) is 13.1. The second-order valence-electron chi connectivity index (χ2n) is 6.62. The van der Waals surface area contributed by atoms with Gasteiger partial charge in [0.2, 0.25) is 0 Å². The summed E-state index contributed by atoms with van der Waals surface area (Å²) in [5, 5.41) is 2.74. The number of rotatable bonds is 2. The Balaban J connectivity index is 1.36. The minimum absolute atomic E-state index is 0.215. The molecular weight excluding hydrogens is 403 g/mol. The molecule has 0 bridgehead atoms. The maximum atomic E-state index is 13.4. The largest absolute Gasteiger partial charge is 0.345 e. The molecule has 0 saturated carbocycles. The molecule has 0 radical (unpaired) electrons. The lowest BCUT2D eigenvalue weighted by Gasteiger charge is -2.34. The van der Waals surface area contributed by atoms with Crippen LogP contribution in [0.25, 0.3) is 20.4 Å². The number of benzene rings is 2. The maximum Gasteiger partial charge on any atom is 0.186 e. The maximum absolute atomic E-state index is 13.4. The first-order valence-corrected chi connectivity index (χ1v) is 10.7. The number of hydrogen-bond donors (Lipinski definition) is 0. The van der Waals surface area contributed by atoms with Gasteiger partial charge in [-0.3, -0.25) is 0 Å². The highest BCUT2D eigenvalue weighted by atomic mass is 35.5. The van der Waals surface area contributed by atoms with Crippen molar-refractivity contribution in [3.05, 3.63) is 46.7 Å². The third-order valence-corrected chi connectivity index (χ3v) is 7.50. The van der Waals surface area contributed by atoms with E-state index in [0.717, 1.165) is 67.5 Å². The minimum Gasteiger partial charge on any atom is -0.345 e. The summed E-state index contributed by atoms with van der Waals surface area (Å²) >= 11 is 9.55. The van der Waals surface area contributed by atoms with E-state index in [1.807, 2.05) is 12.1 Å². The molecule has 1 fully saturated rings. The average Bonchev–Trinajstić information content (AvgIpc) is 3.30. The highest BCUT2D eigenvalue weighted by Crippen LogP contribution is 2.36. The van der Waals surface area contributed by atoms with Crippen LogP contribution in [0.4, 0.5) is 14.7 Å². The van der Waals surface area contributed by atoms with Crippen molar-refractivity contribution in [2.75, 3.05) is 36.0 Å². The topological polar surface area (TPSA) is 32.3 Å². The highest BCUT2D eigenvalue weighted by Gasteiger charge is 2.23. The molecule has 0 aliphatic carbocycles. The van der Waals surface area contributed by atoms with Crippen LogP contribution < -0.4 is 9.80 Å². The van der Waals surface area contributed by atoms with Gasteiger partial charge in [0.1, 0.15) is 5.82 Å². The minimum atomic E-state index is -0.215. The smallest absolute Gasteiger partial charge is 0.186 e. The van der Waals surface area contributed by atoms with Gasteiger partial charge in [-0.25, -0.2) is 14.4 Å². The van der Waals surface area contributed by atoms with Crippen LogP contribution in [0.5, 0.6) is 0 Å². The van der Waals surface area contributed by atoms with Crippen LogP contribution in [-0.2, 0) is 0 Å². The van der Waals surface area contributed by atoms with E-state index in [0.29, 0.717) is 0 Å². The van der Waals surface area contributed by atoms with Crippen molar-refractivity contribution in [2.45, 2.75) is 6.92 Å². The number of fused-ring (bicyclic) bond motifs is 2. The molecule has 2 aromatic heterocycles. The molecule has 1 saturated heterocycles. The van der Waals surface area contributed by atoms with Crippen molar-refractivity contribution in [1.82, 2.24) is 9.97 Å². The zero-order chi connectivity index (χ0) is 18.5. The monoisotopic (exact) mass is 418 g/mol. The first-order valence-electron chi connectivity index (χ1n) is 8.70. The van der Waals surface area contributed by atoms with Crippen LogP contribution in [-0.4, -0.2) is 36.1 Å². The molecule has 1 aliphatic rings. The standard InChI is InChI=1S/C19H16ClFN4S2/c1-11-2-4-13(20)17-16(11)23-19(27-17)25-8-6-24(7-9-25)18-22-14-5-3-12(21)10-15(14)26-18/h2-5,10H,6-9H2,1H3. The third-order valence-electron chi connectivity index (χ3n) is 4.85. The zero-order valence-corrected chi connectivity index (χ0v) is 17.0. The van der Waals surface area contributed by atoms with Gasteiger partial charge < -0.3 is 9.80 Å². The lowest BCUT2D eigenvalue weighted by atomic mass is 10.2. The number of anilines is 2. The Kier molecular flexibility index (Phi) is 4.18. The normalized spacial score (nSPS) is 15.2. The van der Waals surface area contributed by atoms with Crippen LogP contribution in [0.2, 0.25) is 5.02 Å². The molecule has 4 aromatic rings. The summed E-state index contributed by atoms with van der Waals surface area (Å²) in [6.45, 7) is 5.55. The predicted molar refractivity (Wildman–Crippen MR) is 113 cm³/mol. The zero-order valence-electron chi connectivity index (χ0n) is 14.6. The van der Waals surface area contributed by atoms with Crippen molar-refractivity contribution >= 4 is 65.0 Å². The summed E-state index contributed by atoms with van der Waals surface area (Å²) in [5.41, 5.74) is 3.01. The Morgan fingerprint density at radius 1 is 0.963 bits per heavy atom. The number of nitrogens with zero attached hydrogens (tertiary/aromatic N) is 4. The van der Waals surface area contributed by atoms with E-state index < -0.39 is 0 Å². The Morgan fingerprint density at radius 3 is 2.37 bits per heavy atom. The van der Waals surface area contributed by atoms with Crippen LogP contribution in [0, 0.1) is 12.7 Å². The van der Waals surface area contributed by atoms with Gasteiger partial charge in [0.05, 0.1) is 25.5 Å². The average molecular weight is 419 g/mol. The summed E-state index contributed by atoms with van der Waals surface area (Å²) in [7, 11) is 0. The lowest BCUT2D eigenvalue weighted by molar-refractivity contribution is 0.630. The van der Waals surface area contributed by atoms with Crippen LogP contribution in [0.15, 0.2) is 30.3 Å². The predicted octanol–water partition coefficient (Wildman–Crippen LogP) is 5.33. The van der Waals surface area contributed by atoms with Crippen molar-refractivity contribution < 1.29 is 4.39 Å². The second-order valence-corrected chi connectivity index (χ2v) is 9.01. The third kappa shape index (κ3) is 3.03. The molecule has 5 rings (SSSR count). The van der Waals surface area contributed by atoms with Gasteiger partial charge in [-0.2, -0.15) is 0 Å². The van der Waals surface area contributed by atoms with E-state index in [2.05, 4.69) is 21.7 Å². The van der Waals surface area contributed by atoms with E-state index in [9.17, 15) is 4.39 Å². The molecule has 0 unspecified atom stereocenters. The van der Waals surface area contributed by atoms with Gasteiger partial charge >= 0.3 is 0 Å². The van der Waals surface area contributed by atoms with E-state index in [-0.39, 0.29) is 5.82 Å². The quantitative estimate of drug-likeness (QED) is 0.440. The van der Waals surface area contributed by atoms with Crippen molar-refractivity contribution in [1.29, 1.82) is 0 Å². The molecule has 0 N–H and O–H groups in total. The van der Waals surface area contributed by atoms with Crippen LogP contribution >= 0.6 is 34.3 Å². The summed E-state index contributed by atoms with van der Waals surface area (Å²) in [6.07, 6.45) is 0. The molecule has 4 nitrogen and oxygen atoms in total.